The Morgan fingerprint density at radius 2 is 1.69 bits per heavy atom. The number of carbonyl (C=O) groups excluding carboxylic acids is 2. The zero-order valence-corrected chi connectivity index (χ0v) is 18.5. The molecule has 2 amide bonds. The monoisotopic (exact) mass is 458 g/mol. The van der Waals surface area contributed by atoms with Crippen molar-refractivity contribution in [2.75, 3.05) is 11.1 Å². The quantitative estimate of drug-likeness (QED) is 0.376. The lowest BCUT2D eigenvalue weighted by atomic mass is 10.1. The molecule has 0 saturated heterocycles. The Morgan fingerprint density at radius 3 is 2.44 bits per heavy atom. The van der Waals surface area contributed by atoms with E-state index in [0.29, 0.717) is 29.1 Å². The molecule has 0 aliphatic carbocycles. The number of hydrogen-bond donors (Lipinski definition) is 2. The number of hydrogen-bond acceptors (Lipinski definition) is 6. The van der Waals surface area contributed by atoms with Crippen LogP contribution in [0.5, 0.6) is 0 Å². The van der Waals surface area contributed by atoms with E-state index in [0.717, 1.165) is 20.1 Å². The van der Waals surface area contributed by atoms with Crippen LogP contribution in [-0.2, 0) is 6.54 Å². The SMILES string of the molecule is N#CCSc1nc2ccc(NC(=O)c3ccccc3C(=O)NCc3ccccc3)cc2s1. The number of thiazole rings is 1. The molecule has 4 rings (SSSR count). The molecule has 0 fully saturated rings. The second-order valence-corrected chi connectivity index (χ2v) is 9.03. The molecule has 1 heterocycles. The predicted molar refractivity (Wildman–Crippen MR) is 128 cm³/mol. The van der Waals surface area contributed by atoms with Crippen LogP contribution in [0.3, 0.4) is 0 Å². The molecule has 0 aliphatic rings. The summed E-state index contributed by atoms with van der Waals surface area (Å²) >= 11 is 2.86. The molecule has 158 valence electrons. The van der Waals surface area contributed by atoms with Gasteiger partial charge in [0, 0.05) is 12.2 Å². The first-order valence-electron chi connectivity index (χ1n) is 9.77. The Morgan fingerprint density at radius 1 is 0.969 bits per heavy atom. The predicted octanol–water partition coefficient (Wildman–Crippen LogP) is 5.09. The summed E-state index contributed by atoms with van der Waals surface area (Å²) in [5.41, 5.74) is 3.02. The van der Waals surface area contributed by atoms with Crippen LogP contribution in [-0.4, -0.2) is 22.6 Å². The smallest absolute Gasteiger partial charge is 0.256 e. The van der Waals surface area contributed by atoms with Gasteiger partial charge in [0.2, 0.25) is 0 Å². The Kier molecular flexibility index (Phi) is 6.80. The van der Waals surface area contributed by atoms with Crippen molar-refractivity contribution in [3.05, 3.63) is 89.5 Å². The van der Waals surface area contributed by atoms with E-state index in [1.165, 1.54) is 23.1 Å². The average Bonchev–Trinajstić information content (AvgIpc) is 3.24. The highest BCUT2D eigenvalue weighted by molar-refractivity contribution is 8.01. The molecule has 1 aromatic heterocycles. The van der Waals surface area contributed by atoms with Gasteiger partial charge in [-0.25, -0.2) is 4.98 Å². The van der Waals surface area contributed by atoms with Crippen molar-refractivity contribution in [2.24, 2.45) is 0 Å². The lowest BCUT2D eigenvalue weighted by Crippen LogP contribution is -2.26. The number of fused-ring (bicyclic) bond motifs is 1. The molecule has 0 aliphatic heterocycles. The molecule has 0 saturated carbocycles. The fraction of sp³-hybridized carbons (Fsp3) is 0.0833. The molecule has 6 nitrogen and oxygen atoms in total. The molecule has 0 bridgehead atoms. The Labute approximate surface area is 193 Å². The topological polar surface area (TPSA) is 94.9 Å². The van der Waals surface area contributed by atoms with Gasteiger partial charge in [-0.1, -0.05) is 54.2 Å². The summed E-state index contributed by atoms with van der Waals surface area (Å²) in [7, 11) is 0. The van der Waals surface area contributed by atoms with Crippen molar-refractivity contribution in [3.8, 4) is 6.07 Å². The van der Waals surface area contributed by atoms with Crippen molar-refractivity contribution in [3.63, 3.8) is 0 Å². The van der Waals surface area contributed by atoms with E-state index in [2.05, 4.69) is 21.7 Å². The average molecular weight is 459 g/mol. The number of nitriles is 1. The number of nitrogens with one attached hydrogen (secondary N) is 2. The van der Waals surface area contributed by atoms with E-state index in [1.807, 2.05) is 42.5 Å². The summed E-state index contributed by atoms with van der Waals surface area (Å²) in [4.78, 5) is 30.2. The molecule has 4 aromatic rings. The maximum absolute atomic E-state index is 13.0. The third kappa shape index (κ3) is 5.14. The second-order valence-electron chi connectivity index (χ2n) is 6.78. The summed E-state index contributed by atoms with van der Waals surface area (Å²) in [6.45, 7) is 0.379. The molecular weight excluding hydrogens is 440 g/mol. The van der Waals surface area contributed by atoms with Gasteiger partial charge in [0.15, 0.2) is 4.34 Å². The molecule has 8 heteroatoms. The Hall–Kier alpha value is -3.67. The highest BCUT2D eigenvalue weighted by Crippen LogP contribution is 2.31. The van der Waals surface area contributed by atoms with E-state index in [9.17, 15) is 9.59 Å². The summed E-state index contributed by atoms with van der Waals surface area (Å²) in [5.74, 6) is -0.331. The van der Waals surface area contributed by atoms with E-state index < -0.39 is 0 Å². The number of thioether (sulfide) groups is 1. The second kappa shape index (κ2) is 10.1. The number of anilines is 1. The van der Waals surface area contributed by atoms with Crippen molar-refractivity contribution in [1.29, 1.82) is 5.26 Å². The first kappa shape index (κ1) is 21.6. The van der Waals surface area contributed by atoms with E-state index in [4.69, 9.17) is 5.26 Å². The minimum Gasteiger partial charge on any atom is -0.348 e. The lowest BCUT2D eigenvalue weighted by Gasteiger charge is -2.11. The van der Waals surface area contributed by atoms with Crippen LogP contribution in [0.4, 0.5) is 5.69 Å². The maximum Gasteiger partial charge on any atom is 0.256 e. The number of carbonyl (C=O) groups is 2. The fourth-order valence-electron chi connectivity index (χ4n) is 3.09. The number of aromatic nitrogens is 1. The van der Waals surface area contributed by atoms with Crippen molar-refractivity contribution in [2.45, 2.75) is 10.9 Å². The van der Waals surface area contributed by atoms with Gasteiger partial charge in [-0.15, -0.1) is 11.3 Å². The molecular formula is C24H18N4O2S2. The summed E-state index contributed by atoms with van der Waals surface area (Å²) in [5, 5.41) is 14.5. The van der Waals surface area contributed by atoms with Gasteiger partial charge < -0.3 is 10.6 Å². The highest BCUT2D eigenvalue weighted by atomic mass is 32.2. The maximum atomic E-state index is 13.0. The molecule has 0 spiro atoms. The van der Waals surface area contributed by atoms with Gasteiger partial charge in [0.25, 0.3) is 11.8 Å². The normalized spacial score (nSPS) is 10.5. The van der Waals surface area contributed by atoms with Crippen molar-refractivity contribution in [1.82, 2.24) is 10.3 Å². The molecule has 0 unspecified atom stereocenters. The highest BCUT2D eigenvalue weighted by Gasteiger charge is 2.17. The lowest BCUT2D eigenvalue weighted by molar-refractivity contribution is 0.0938. The fourth-order valence-corrected chi connectivity index (χ4v) is 4.86. The number of benzene rings is 3. The van der Waals surface area contributed by atoms with E-state index >= 15 is 0 Å². The summed E-state index contributed by atoms with van der Waals surface area (Å²) in [6.07, 6.45) is 0. The Bertz CT molecular complexity index is 1310. The summed E-state index contributed by atoms with van der Waals surface area (Å²) < 4.78 is 1.72. The first-order chi connectivity index (χ1) is 15.6. The van der Waals surface area contributed by atoms with Crippen LogP contribution in [0, 0.1) is 11.3 Å². The number of nitrogens with zero attached hydrogens (tertiary/aromatic N) is 2. The van der Waals surface area contributed by atoms with E-state index in [-0.39, 0.29) is 11.8 Å². The molecule has 32 heavy (non-hydrogen) atoms. The van der Waals surface area contributed by atoms with Crippen LogP contribution in [0.1, 0.15) is 26.3 Å². The van der Waals surface area contributed by atoms with Crippen molar-refractivity contribution >= 4 is 50.8 Å². The number of amides is 2. The minimum absolute atomic E-state index is 0.299. The standard InChI is InChI=1S/C24H18N4O2S2/c25-12-13-31-24-28-20-11-10-17(14-21(20)32-24)27-23(30)19-9-5-4-8-18(19)22(29)26-15-16-6-2-1-3-7-16/h1-11,14H,13,15H2,(H,26,29)(H,27,30). The van der Waals surface area contributed by atoms with Gasteiger partial charge in [-0.3, -0.25) is 9.59 Å². The van der Waals surface area contributed by atoms with Crippen LogP contribution in [0.25, 0.3) is 10.2 Å². The van der Waals surface area contributed by atoms with Gasteiger partial charge in [-0.2, -0.15) is 5.26 Å². The van der Waals surface area contributed by atoms with Crippen LogP contribution in [0.15, 0.2) is 77.1 Å². The first-order valence-corrected chi connectivity index (χ1v) is 11.6. The minimum atomic E-state index is -0.363. The summed E-state index contributed by atoms with van der Waals surface area (Å²) in [6, 6.07) is 23.9. The zero-order valence-electron chi connectivity index (χ0n) is 16.9. The van der Waals surface area contributed by atoms with Gasteiger partial charge >= 0.3 is 0 Å². The molecule has 2 N–H and O–H groups in total. The zero-order chi connectivity index (χ0) is 22.3. The van der Waals surface area contributed by atoms with Gasteiger partial charge in [0.05, 0.1) is 33.2 Å². The molecule has 0 radical (unpaired) electrons. The van der Waals surface area contributed by atoms with Crippen molar-refractivity contribution < 1.29 is 9.59 Å². The molecule has 0 atom stereocenters. The third-order valence-electron chi connectivity index (χ3n) is 4.60. The third-order valence-corrected chi connectivity index (χ3v) is 6.63. The van der Waals surface area contributed by atoms with Gasteiger partial charge in [-0.05, 0) is 35.9 Å². The largest absolute Gasteiger partial charge is 0.348 e. The van der Waals surface area contributed by atoms with E-state index in [1.54, 1.807) is 30.3 Å². The number of rotatable bonds is 7. The Balaban J connectivity index is 1.49. The van der Waals surface area contributed by atoms with Crippen LogP contribution in [0.2, 0.25) is 0 Å². The van der Waals surface area contributed by atoms with Crippen LogP contribution >= 0.6 is 23.1 Å². The molecule has 3 aromatic carbocycles. The van der Waals surface area contributed by atoms with Crippen LogP contribution < -0.4 is 10.6 Å². The van der Waals surface area contributed by atoms with Gasteiger partial charge in [0.1, 0.15) is 0 Å².